The first-order valence-corrected chi connectivity index (χ1v) is 6.69. The SMILES string of the molecule is CCC1(CC)CN(c2ccc(C(=O)O)cc2[N+](=O)[O-])C1. The van der Waals surface area contributed by atoms with E-state index in [2.05, 4.69) is 13.8 Å². The van der Waals surface area contributed by atoms with Gasteiger partial charge in [-0.15, -0.1) is 0 Å². The smallest absolute Gasteiger partial charge is 0.335 e. The molecule has 0 aliphatic carbocycles. The van der Waals surface area contributed by atoms with Crippen molar-refractivity contribution in [1.82, 2.24) is 0 Å². The molecule has 0 saturated carbocycles. The van der Waals surface area contributed by atoms with E-state index in [1.807, 2.05) is 4.90 Å². The lowest BCUT2D eigenvalue weighted by atomic mass is 9.75. The van der Waals surface area contributed by atoms with Gasteiger partial charge in [-0.25, -0.2) is 4.79 Å². The predicted molar refractivity (Wildman–Crippen MR) is 75.3 cm³/mol. The van der Waals surface area contributed by atoms with Crippen LogP contribution >= 0.6 is 0 Å². The molecule has 0 aromatic heterocycles. The Balaban J connectivity index is 2.30. The lowest BCUT2D eigenvalue weighted by Crippen LogP contribution is -2.56. The highest BCUT2D eigenvalue weighted by Crippen LogP contribution is 2.42. The number of carboxylic acids is 1. The summed E-state index contributed by atoms with van der Waals surface area (Å²) in [6.07, 6.45) is 2.09. The van der Waals surface area contributed by atoms with E-state index >= 15 is 0 Å². The van der Waals surface area contributed by atoms with Gasteiger partial charge in [0.25, 0.3) is 5.69 Å². The van der Waals surface area contributed by atoms with Crippen LogP contribution in [0.3, 0.4) is 0 Å². The van der Waals surface area contributed by atoms with Gasteiger partial charge in [0.15, 0.2) is 0 Å². The minimum atomic E-state index is -1.15. The molecule has 1 saturated heterocycles. The summed E-state index contributed by atoms with van der Waals surface area (Å²) in [6.45, 7) is 5.83. The fourth-order valence-corrected chi connectivity index (χ4v) is 2.70. The molecule has 2 rings (SSSR count). The molecule has 20 heavy (non-hydrogen) atoms. The maximum atomic E-state index is 11.1. The van der Waals surface area contributed by atoms with Crippen LogP contribution in [-0.4, -0.2) is 29.1 Å². The molecule has 0 bridgehead atoms. The fraction of sp³-hybridized carbons (Fsp3) is 0.500. The van der Waals surface area contributed by atoms with E-state index in [1.54, 1.807) is 0 Å². The molecule has 6 nitrogen and oxygen atoms in total. The molecule has 0 radical (unpaired) electrons. The summed E-state index contributed by atoms with van der Waals surface area (Å²) in [5, 5.41) is 20.0. The quantitative estimate of drug-likeness (QED) is 0.661. The summed E-state index contributed by atoms with van der Waals surface area (Å²) < 4.78 is 0. The van der Waals surface area contributed by atoms with Crippen LogP contribution in [0.15, 0.2) is 18.2 Å². The van der Waals surface area contributed by atoms with Gasteiger partial charge in [0.05, 0.1) is 10.5 Å². The lowest BCUT2D eigenvalue weighted by Gasteiger charge is -2.50. The molecule has 6 heteroatoms. The highest BCUT2D eigenvalue weighted by molar-refractivity contribution is 5.90. The average molecular weight is 278 g/mol. The molecule has 1 aliphatic rings. The summed E-state index contributed by atoms with van der Waals surface area (Å²) in [6, 6.07) is 4.09. The molecule has 1 fully saturated rings. The first-order chi connectivity index (χ1) is 9.42. The number of rotatable bonds is 5. The van der Waals surface area contributed by atoms with Gasteiger partial charge in [-0.05, 0) is 25.0 Å². The summed E-state index contributed by atoms with van der Waals surface area (Å²) in [5.41, 5.74) is 0.556. The van der Waals surface area contributed by atoms with E-state index in [9.17, 15) is 14.9 Å². The maximum Gasteiger partial charge on any atom is 0.335 e. The van der Waals surface area contributed by atoms with Crippen molar-refractivity contribution in [1.29, 1.82) is 0 Å². The van der Waals surface area contributed by atoms with Crippen LogP contribution < -0.4 is 4.90 Å². The van der Waals surface area contributed by atoms with Crippen molar-refractivity contribution in [3.8, 4) is 0 Å². The highest BCUT2D eigenvalue weighted by atomic mass is 16.6. The van der Waals surface area contributed by atoms with Crippen LogP contribution in [0.5, 0.6) is 0 Å². The number of hydrogen-bond donors (Lipinski definition) is 1. The molecular weight excluding hydrogens is 260 g/mol. The standard InChI is InChI=1S/C14H18N2O4/c1-3-14(4-2)8-15(9-14)11-6-5-10(13(17)18)7-12(11)16(19)20/h5-7H,3-4,8-9H2,1-2H3,(H,17,18). The van der Waals surface area contributed by atoms with E-state index in [0.717, 1.165) is 32.0 Å². The number of carbonyl (C=O) groups is 1. The Morgan fingerprint density at radius 3 is 2.45 bits per heavy atom. The number of carboxylic acid groups (broad SMARTS) is 1. The summed E-state index contributed by atoms with van der Waals surface area (Å²) in [7, 11) is 0. The number of nitro benzene ring substituents is 1. The predicted octanol–water partition coefficient (Wildman–Crippen LogP) is 2.92. The molecule has 0 amide bonds. The molecular formula is C14H18N2O4. The highest BCUT2D eigenvalue weighted by Gasteiger charge is 2.41. The number of nitro groups is 1. The van der Waals surface area contributed by atoms with Gasteiger partial charge >= 0.3 is 5.97 Å². The lowest BCUT2D eigenvalue weighted by molar-refractivity contribution is -0.384. The van der Waals surface area contributed by atoms with Gasteiger partial charge in [0.1, 0.15) is 5.69 Å². The van der Waals surface area contributed by atoms with E-state index in [4.69, 9.17) is 5.11 Å². The van der Waals surface area contributed by atoms with Gasteiger partial charge < -0.3 is 10.0 Å². The molecule has 108 valence electrons. The second-order valence-electron chi connectivity index (χ2n) is 5.33. The van der Waals surface area contributed by atoms with Crippen molar-refractivity contribution in [3.05, 3.63) is 33.9 Å². The van der Waals surface area contributed by atoms with Crippen molar-refractivity contribution in [2.45, 2.75) is 26.7 Å². The monoisotopic (exact) mass is 278 g/mol. The summed E-state index contributed by atoms with van der Waals surface area (Å²) in [5.74, 6) is -1.15. The Kier molecular flexibility index (Phi) is 3.65. The second kappa shape index (κ2) is 5.11. The van der Waals surface area contributed by atoms with E-state index in [0.29, 0.717) is 5.69 Å². The average Bonchev–Trinajstić information content (AvgIpc) is 2.38. The fourth-order valence-electron chi connectivity index (χ4n) is 2.70. The van der Waals surface area contributed by atoms with Crippen LogP contribution in [0.1, 0.15) is 37.0 Å². The Morgan fingerprint density at radius 1 is 1.40 bits per heavy atom. The van der Waals surface area contributed by atoms with Crippen LogP contribution in [0.2, 0.25) is 0 Å². The van der Waals surface area contributed by atoms with Crippen molar-refractivity contribution in [2.75, 3.05) is 18.0 Å². The minimum Gasteiger partial charge on any atom is -0.478 e. The van der Waals surface area contributed by atoms with E-state index in [1.165, 1.54) is 12.1 Å². The third-order valence-electron chi connectivity index (χ3n) is 4.31. The first-order valence-electron chi connectivity index (χ1n) is 6.69. The number of hydrogen-bond acceptors (Lipinski definition) is 4. The van der Waals surface area contributed by atoms with Crippen molar-refractivity contribution in [3.63, 3.8) is 0 Å². The van der Waals surface area contributed by atoms with Crippen LogP contribution in [0, 0.1) is 15.5 Å². The molecule has 1 N–H and O–H groups in total. The topological polar surface area (TPSA) is 83.7 Å². The molecule has 1 heterocycles. The Hall–Kier alpha value is -2.11. The van der Waals surface area contributed by atoms with E-state index in [-0.39, 0.29) is 16.7 Å². The molecule has 1 aromatic carbocycles. The first kappa shape index (κ1) is 14.3. The minimum absolute atomic E-state index is 0.0572. The molecule has 1 aromatic rings. The summed E-state index contributed by atoms with van der Waals surface area (Å²) in [4.78, 5) is 23.5. The number of nitrogens with zero attached hydrogens (tertiary/aromatic N) is 2. The largest absolute Gasteiger partial charge is 0.478 e. The van der Waals surface area contributed by atoms with Crippen LogP contribution in [0.4, 0.5) is 11.4 Å². The molecule has 0 atom stereocenters. The number of anilines is 1. The normalized spacial score (nSPS) is 16.6. The number of aromatic carboxylic acids is 1. The van der Waals surface area contributed by atoms with Crippen LogP contribution in [-0.2, 0) is 0 Å². The van der Waals surface area contributed by atoms with Crippen LogP contribution in [0.25, 0.3) is 0 Å². The molecule has 0 spiro atoms. The maximum absolute atomic E-state index is 11.1. The van der Waals surface area contributed by atoms with E-state index < -0.39 is 10.9 Å². The third kappa shape index (κ3) is 2.33. The Morgan fingerprint density at radius 2 is 2.00 bits per heavy atom. The summed E-state index contributed by atoms with van der Waals surface area (Å²) >= 11 is 0. The van der Waals surface area contributed by atoms with Gasteiger partial charge in [-0.1, -0.05) is 13.8 Å². The van der Waals surface area contributed by atoms with Crippen molar-refractivity contribution in [2.24, 2.45) is 5.41 Å². The second-order valence-corrected chi connectivity index (χ2v) is 5.33. The Bertz CT molecular complexity index is 544. The number of benzene rings is 1. The van der Waals surface area contributed by atoms with Crippen molar-refractivity contribution >= 4 is 17.3 Å². The molecule has 0 unspecified atom stereocenters. The van der Waals surface area contributed by atoms with Crippen molar-refractivity contribution < 1.29 is 14.8 Å². The zero-order chi connectivity index (χ0) is 14.9. The molecule has 1 aliphatic heterocycles. The van der Waals surface area contributed by atoms with Gasteiger partial charge in [0, 0.05) is 24.6 Å². The van der Waals surface area contributed by atoms with Gasteiger partial charge in [0.2, 0.25) is 0 Å². The zero-order valence-corrected chi connectivity index (χ0v) is 11.6. The van der Waals surface area contributed by atoms with Gasteiger partial charge in [-0.2, -0.15) is 0 Å². The van der Waals surface area contributed by atoms with Gasteiger partial charge in [-0.3, -0.25) is 10.1 Å². The third-order valence-corrected chi connectivity index (χ3v) is 4.31. The Labute approximate surface area is 117 Å². The zero-order valence-electron chi connectivity index (χ0n) is 11.6.